The quantitative estimate of drug-likeness (QED) is 0.805. The zero-order valence-electron chi connectivity index (χ0n) is 17.4. The van der Waals surface area contributed by atoms with Gasteiger partial charge in [0.25, 0.3) is 6.43 Å². The number of nitrogens with zero attached hydrogens (tertiary/aromatic N) is 3. The minimum atomic E-state index is -2.45. The number of piperidine rings is 1. The molecule has 0 unspecified atom stereocenters. The van der Waals surface area contributed by atoms with Crippen molar-refractivity contribution in [2.24, 2.45) is 5.92 Å². The van der Waals surface area contributed by atoms with Gasteiger partial charge in [0.05, 0.1) is 19.2 Å². The van der Waals surface area contributed by atoms with Gasteiger partial charge in [-0.3, -0.25) is 4.79 Å². The Morgan fingerprint density at radius 3 is 2.73 bits per heavy atom. The van der Waals surface area contributed by atoms with Gasteiger partial charge in [0.2, 0.25) is 5.91 Å². The molecule has 2 aliphatic heterocycles. The van der Waals surface area contributed by atoms with E-state index in [4.69, 9.17) is 4.74 Å². The summed E-state index contributed by atoms with van der Waals surface area (Å²) in [5, 5.41) is 7.65. The summed E-state index contributed by atoms with van der Waals surface area (Å²) in [7, 11) is 1.60. The number of rotatable bonds is 5. The van der Waals surface area contributed by atoms with Crippen molar-refractivity contribution in [2.75, 3.05) is 25.5 Å². The van der Waals surface area contributed by atoms with Crippen LogP contribution in [0, 0.1) is 12.8 Å². The van der Waals surface area contributed by atoms with E-state index in [1.54, 1.807) is 7.11 Å². The normalized spacial score (nSPS) is 22.0. The summed E-state index contributed by atoms with van der Waals surface area (Å²) < 4.78 is 34.0. The van der Waals surface area contributed by atoms with Crippen LogP contribution in [0.3, 0.4) is 0 Å². The second-order valence-corrected chi connectivity index (χ2v) is 8.21. The van der Waals surface area contributed by atoms with Crippen LogP contribution in [0.4, 0.5) is 14.6 Å². The van der Waals surface area contributed by atoms with E-state index >= 15 is 0 Å². The first-order valence-corrected chi connectivity index (χ1v) is 10.5. The van der Waals surface area contributed by atoms with E-state index in [0.717, 1.165) is 29.8 Å². The molecule has 1 saturated heterocycles. The van der Waals surface area contributed by atoms with E-state index in [-0.39, 0.29) is 17.9 Å². The number of hydrogen-bond donors (Lipinski definition) is 1. The minimum absolute atomic E-state index is 0.0286. The number of nitrogens with one attached hydrogen (secondary N) is 1. The minimum Gasteiger partial charge on any atom is -0.496 e. The van der Waals surface area contributed by atoms with Gasteiger partial charge in [-0.05, 0) is 38.2 Å². The van der Waals surface area contributed by atoms with Crippen LogP contribution in [0.15, 0.2) is 30.3 Å². The Labute approximate surface area is 175 Å². The van der Waals surface area contributed by atoms with Crippen LogP contribution in [0.25, 0.3) is 0 Å². The van der Waals surface area contributed by atoms with Crippen LogP contribution in [-0.2, 0) is 11.2 Å². The highest BCUT2D eigenvalue weighted by Gasteiger charge is 2.38. The number of aryl methyl sites for hydroxylation is 1. The number of benzene rings is 1. The van der Waals surface area contributed by atoms with Crippen LogP contribution in [0.1, 0.15) is 36.6 Å². The highest BCUT2D eigenvalue weighted by molar-refractivity contribution is 5.79. The van der Waals surface area contributed by atoms with Gasteiger partial charge in [-0.1, -0.05) is 18.2 Å². The average Bonchev–Trinajstić information content (AvgIpc) is 3.13. The van der Waals surface area contributed by atoms with E-state index in [0.29, 0.717) is 31.7 Å². The maximum absolute atomic E-state index is 13.6. The van der Waals surface area contributed by atoms with Crippen molar-refractivity contribution in [1.82, 2.24) is 14.7 Å². The molecule has 0 spiro atoms. The van der Waals surface area contributed by atoms with Crippen molar-refractivity contribution < 1.29 is 18.3 Å². The first-order valence-electron chi connectivity index (χ1n) is 10.5. The van der Waals surface area contributed by atoms with E-state index in [9.17, 15) is 13.6 Å². The summed E-state index contributed by atoms with van der Waals surface area (Å²) in [6, 6.07) is 8.45. The Morgan fingerprint density at radius 1 is 1.30 bits per heavy atom. The van der Waals surface area contributed by atoms with Crippen LogP contribution >= 0.6 is 0 Å². The van der Waals surface area contributed by atoms with Gasteiger partial charge >= 0.3 is 0 Å². The summed E-state index contributed by atoms with van der Waals surface area (Å²) in [6.07, 6.45) is -0.180. The van der Waals surface area contributed by atoms with Crippen LogP contribution in [0.2, 0.25) is 0 Å². The predicted molar refractivity (Wildman–Crippen MR) is 110 cm³/mol. The maximum Gasteiger partial charge on any atom is 0.260 e. The van der Waals surface area contributed by atoms with Gasteiger partial charge in [0.15, 0.2) is 0 Å². The third kappa shape index (κ3) is 4.13. The summed E-state index contributed by atoms with van der Waals surface area (Å²) in [6.45, 7) is 3.11. The molecule has 1 aromatic carbocycles. The molecule has 2 aliphatic rings. The number of fused-ring (bicyclic) bond motifs is 1. The van der Waals surface area contributed by atoms with Gasteiger partial charge in [-0.15, -0.1) is 0 Å². The summed E-state index contributed by atoms with van der Waals surface area (Å²) >= 11 is 0. The SMILES string of the molecule is COc1ccccc1CC(=O)N1CCC([C@@H]2C[C@H](C(F)F)n3nc(C)cc3N2)CC1. The van der Waals surface area contributed by atoms with Crippen molar-refractivity contribution >= 4 is 11.7 Å². The number of aromatic nitrogens is 2. The molecule has 30 heavy (non-hydrogen) atoms. The Morgan fingerprint density at radius 2 is 2.03 bits per heavy atom. The van der Waals surface area contributed by atoms with Gasteiger partial charge in [0.1, 0.15) is 17.6 Å². The van der Waals surface area contributed by atoms with Crippen molar-refractivity contribution in [3.63, 3.8) is 0 Å². The number of anilines is 1. The zero-order valence-corrected chi connectivity index (χ0v) is 17.4. The summed E-state index contributed by atoms with van der Waals surface area (Å²) in [5.74, 6) is 1.72. The Balaban J connectivity index is 1.37. The molecule has 3 heterocycles. The number of carbonyl (C=O) groups is 1. The number of likely N-dealkylation sites (tertiary alicyclic amines) is 1. The molecule has 162 valence electrons. The van der Waals surface area contributed by atoms with E-state index in [1.807, 2.05) is 42.2 Å². The topological polar surface area (TPSA) is 59.4 Å². The van der Waals surface area contributed by atoms with Crippen LogP contribution in [-0.4, -0.2) is 53.3 Å². The van der Waals surface area contributed by atoms with Crippen LogP contribution in [0.5, 0.6) is 5.75 Å². The maximum atomic E-state index is 13.6. The second kappa shape index (κ2) is 8.62. The molecule has 0 saturated carbocycles. The zero-order chi connectivity index (χ0) is 21.3. The third-order valence-electron chi connectivity index (χ3n) is 6.29. The Kier molecular flexibility index (Phi) is 5.92. The molecule has 1 amide bonds. The molecule has 2 atom stereocenters. The third-order valence-corrected chi connectivity index (χ3v) is 6.29. The molecule has 1 N–H and O–H groups in total. The van der Waals surface area contributed by atoms with Gasteiger partial charge < -0.3 is 15.0 Å². The lowest BCUT2D eigenvalue weighted by atomic mass is 9.85. The smallest absolute Gasteiger partial charge is 0.260 e. The Bertz CT molecular complexity index is 893. The molecular formula is C22H28F2N4O2. The standard InChI is InChI=1S/C22H28F2N4O2/c1-14-11-20-25-17(13-18(22(23)24)28(20)26-14)15-7-9-27(10-8-15)21(29)12-16-5-3-4-6-19(16)30-2/h3-6,11,15,17-18,22,25H,7-10,12-13H2,1-2H3/t17-,18+/m0/s1. The lowest BCUT2D eigenvalue weighted by Gasteiger charge is -2.40. The second-order valence-electron chi connectivity index (χ2n) is 8.21. The number of amides is 1. The van der Waals surface area contributed by atoms with Crippen LogP contribution < -0.4 is 10.1 Å². The van der Waals surface area contributed by atoms with Crippen molar-refractivity contribution in [2.45, 2.75) is 51.1 Å². The lowest BCUT2D eigenvalue weighted by Crippen LogP contribution is -2.46. The fourth-order valence-corrected chi connectivity index (χ4v) is 4.68. The summed E-state index contributed by atoms with van der Waals surface area (Å²) in [5.41, 5.74) is 1.62. The molecule has 8 heteroatoms. The number of halogens is 2. The predicted octanol–water partition coefficient (Wildman–Crippen LogP) is 3.67. The van der Waals surface area contributed by atoms with Gasteiger partial charge in [-0.2, -0.15) is 5.10 Å². The molecule has 2 aromatic rings. The number of alkyl halides is 2. The molecule has 4 rings (SSSR count). The molecule has 0 bridgehead atoms. The highest BCUT2D eigenvalue weighted by atomic mass is 19.3. The lowest BCUT2D eigenvalue weighted by molar-refractivity contribution is -0.132. The van der Waals surface area contributed by atoms with Crippen molar-refractivity contribution in [1.29, 1.82) is 0 Å². The van der Waals surface area contributed by atoms with Crippen molar-refractivity contribution in [3.05, 3.63) is 41.6 Å². The summed E-state index contributed by atoms with van der Waals surface area (Å²) in [4.78, 5) is 14.7. The van der Waals surface area contributed by atoms with E-state index < -0.39 is 12.5 Å². The van der Waals surface area contributed by atoms with E-state index in [2.05, 4.69) is 10.4 Å². The number of ether oxygens (including phenoxy) is 1. The first kappa shape index (κ1) is 20.6. The highest BCUT2D eigenvalue weighted by Crippen LogP contribution is 2.37. The van der Waals surface area contributed by atoms with Gasteiger partial charge in [-0.25, -0.2) is 13.5 Å². The number of hydrogen-bond acceptors (Lipinski definition) is 4. The largest absolute Gasteiger partial charge is 0.496 e. The fraction of sp³-hybridized carbons (Fsp3) is 0.545. The molecular weight excluding hydrogens is 390 g/mol. The van der Waals surface area contributed by atoms with Crippen molar-refractivity contribution in [3.8, 4) is 5.75 Å². The molecule has 1 fully saturated rings. The van der Waals surface area contributed by atoms with Gasteiger partial charge in [0, 0.05) is 30.8 Å². The number of carbonyl (C=O) groups excluding carboxylic acids is 1. The molecule has 6 nitrogen and oxygen atoms in total. The first-order chi connectivity index (χ1) is 14.5. The van der Waals surface area contributed by atoms with E-state index in [1.165, 1.54) is 4.68 Å². The average molecular weight is 418 g/mol. The molecule has 1 aromatic heterocycles. The number of methoxy groups -OCH3 is 1. The number of para-hydroxylation sites is 1. The monoisotopic (exact) mass is 418 g/mol. The molecule has 0 radical (unpaired) electrons. The Hall–Kier alpha value is -2.64. The molecule has 0 aliphatic carbocycles. The fourth-order valence-electron chi connectivity index (χ4n) is 4.68.